The van der Waals surface area contributed by atoms with E-state index in [1.807, 2.05) is 47.9 Å². The number of imidazole rings is 1. The normalized spacial score (nSPS) is 11.1. The highest BCUT2D eigenvalue weighted by Gasteiger charge is 2.12. The van der Waals surface area contributed by atoms with E-state index in [-0.39, 0.29) is 5.49 Å². The van der Waals surface area contributed by atoms with E-state index in [2.05, 4.69) is 38.8 Å². The standard InChI is InChI=1S/C20H19N5/c1-15-23-19(21)18-20(25(15)13-17-10-6-3-7-11-17)22-14-24(18)12-16-8-4-2-5-9-16/h2-11,14,21H,12-13H2,1H3. The van der Waals surface area contributed by atoms with Crippen molar-refractivity contribution in [1.29, 1.82) is 5.41 Å². The van der Waals surface area contributed by atoms with Crippen LogP contribution in [0.5, 0.6) is 0 Å². The fourth-order valence-electron chi connectivity index (χ4n) is 3.09. The Morgan fingerprint density at radius 3 is 2.12 bits per heavy atom. The van der Waals surface area contributed by atoms with Gasteiger partial charge in [-0.25, -0.2) is 9.97 Å². The van der Waals surface area contributed by atoms with Gasteiger partial charge in [-0.15, -0.1) is 0 Å². The van der Waals surface area contributed by atoms with Crippen LogP contribution in [-0.2, 0) is 13.1 Å². The first-order valence-electron chi connectivity index (χ1n) is 8.27. The van der Waals surface area contributed by atoms with Gasteiger partial charge in [-0.05, 0) is 18.1 Å². The van der Waals surface area contributed by atoms with Crippen LogP contribution in [0.15, 0.2) is 67.0 Å². The topological polar surface area (TPSA) is 59.5 Å². The molecule has 0 bridgehead atoms. The van der Waals surface area contributed by atoms with Crippen LogP contribution in [0.25, 0.3) is 11.2 Å². The minimum atomic E-state index is 0.269. The zero-order valence-corrected chi connectivity index (χ0v) is 14.1. The Morgan fingerprint density at radius 2 is 1.48 bits per heavy atom. The summed E-state index contributed by atoms with van der Waals surface area (Å²) in [6.45, 7) is 3.30. The first-order chi connectivity index (χ1) is 12.2. The second kappa shape index (κ2) is 6.36. The number of fused-ring (bicyclic) bond motifs is 1. The van der Waals surface area contributed by atoms with Crippen LogP contribution >= 0.6 is 0 Å². The van der Waals surface area contributed by atoms with Crippen molar-refractivity contribution in [3.8, 4) is 0 Å². The molecule has 0 unspecified atom stereocenters. The maximum absolute atomic E-state index is 8.32. The second-order valence-electron chi connectivity index (χ2n) is 6.11. The van der Waals surface area contributed by atoms with Crippen LogP contribution in [0, 0.1) is 12.3 Å². The van der Waals surface area contributed by atoms with Crippen molar-refractivity contribution in [2.24, 2.45) is 0 Å². The molecule has 4 aromatic rings. The van der Waals surface area contributed by atoms with Crippen LogP contribution < -0.4 is 5.49 Å². The van der Waals surface area contributed by atoms with E-state index in [9.17, 15) is 0 Å². The minimum Gasteiger partial charge on any atom is -0.322 e. The Kier molecular flexibility index (Phi) is 3.90. The lowest BCUT2D eigenvalue weighted by atomic mass is 10.2. The molecule has 2 aromatic carbocycles. The van der Waals surface area contributed by atoms with Crippen LogP contribution in [-0.4, -0.2) is 19.1 Å². The first-order valence-corrected chi connectivity index (χ1v) is 8.27. The van der Waals surface area contributed by atoms with Gasteiger partial charge in [0.1, 0.15) is 11.3 Å². The van der Waals surface area contributed by atoms with E-state index >= 15 is 0 Å². The maximum Gasteiger partial charge on any atom is 0.174 e. The molecule has 2 heterocycles. The van der Waals surface area contributed by atoms with Gasteiger partial charge in [0.05, 0.1) is 12.9 Å². The highest BCUT2D eigenvalue weighted by atomic mass is 15.2. The first kappa shape index (κ1) is 15.3. The number of rotatable bonds is 4. The highest BCUT2D eigenvalue weighted by molar-refractivity contribution is 5.70. The molecule has 5 nitrogen and oxygen atoms in total. The van der Waals surface area contributed by atoms with E-state index in [0.29, 0.717) is 13.1 Å². The van der Waals surface area contributed by atoms with Crippen molar-refractivity contribution < 1.29 is 0 Å². The van der Waals surface area contributed by atoms with E-state index < -0.39 is 0 Å². The fraction of sp³-hybridized carbons (Fsp3) is 0.150. The van der Waals surface area contributed by atoms with Crippen molar-refractivity contribution >= 4 is 11.2 Å². The van der Waals surface area contributed by atoms with Crippen LogP contribution in [0.4, 0.5) is 0 Å². The Morgan fingerprint density at radius 1 is 0.880 bits per heavy atom. The molecule has 0 saturated heterocycles. The van der Waals surface area contributed by atoms with Gasteiger partial charge in [0.2, 0.25) is 0 Å². The Hall–Kier alpha value is -3.21. The van der Waals surface area contributed by atoms with Gasteiger partial charge in [0, 0.05) is 6.54 Å². The van der Waals surface area contributed by atoms with Crippen molar-refractivity contribution in [2.75, 3.05) is 0 Å². The molecule has 0 aliphatic rings. The Bertz CT molecular complexity index is 1060. The molecule has 124 valence electrons. The fourth-order valence-corrected chi connectivity index (χ4v) is 3.09. The molecule has 0 aliphatic heterocycles. The van der Waals surface area contributed by atoms with E-state index in [1.165, 1.54) is 11.1 Å². The average Bonchev–Trinajstić information content (AvgIpc) is 3.04. The number of aromatic nitrogens is 4. The molecule has 0 aliphatic carbocycles. The van der Waals surface area contributed by atoms with Gasteiger partial charge < -0.3 is 9.13 Å². The summed E-state index contributed by atoms with van der Waals surface area (Å²) in [5, 5.41) is 8.32. The predicted octanol–water partition coefficient (Wildman–Crippen LogP) is 3.12. The molecule has 0 fully saturated rings. The lowest BCUT2D eigenvalue weighted by Gasteiger charge is -2.12. The van der Waals surface area contributed by atoms with Crippen molar-refractivity contribution in [3.05, 3.63) is 89.4 Å². The molecule has 5 heteroatoms. The average molecular weight is 329 g/mol. The predicted molar refractivity (Wildman–Crippen MR) is 97.2 cm³/mol. The second-order valence-corrected chi connectivity index (χ2v) is 6.11. The molecule has 25 heavy (non-hydrogen) atoms. The molecule has 0 amide bonds. The zero-order chi connectivity index (χ0) is 17.2. The van der Waals surface area contributed by atoms with Crippen LogP contribution in [0.1, 0.15) is 17.0 Å². The summed E-state index contributed by atoms with van der Waals surface area (Å²) in [5.41, 5.74) is 4.21. The molecule has 0 spiro atoms. The van der Waals surface area contributed by atoms with E-state index in [1.54, 1.807) is 6.33 Å². The van der Waals surface area contributed by atoms with Crippen LogP contribution in [0.2, 0.25) is 0 Å². The van der Waals surface area contributed by atoms with Gasteiger partial charge in [0.25, 0.3) is 0 Å². The van der Waals surface area contributed by atoms with Gasteiger partial charge in [-0.1, -0.05) is 60.7 Å². The number of hydrogen-bond acceptors (Lipinski definition) is 3. The summed E-state index contributed by atoms with van der Waals surface area (Å²) in [5.74, 6) is 0.798. The molecule has 0 atom stereocenters. The Labute approximate surface area is 145 Å². The number of aryl methyl sites for hydroxylation is 1. The van der Waals surface area contributed by atoms with E-state index in [0.717, 1.165) is 17.0 Å². The summed E-state index contributed by atoms with van der Waals surface area (Å²) >= 11 is 0. The van der Waals surface area contributed by atoms with Gasteiger partial charge in [-0.3, -0.25) is 5.41 Å². The van der Waals surface area contributed by atoms with Gasteiger partial charge >= 0.3 is 0 Å². The maximum atomic E-state index is 8.32. The Balaban J connectivity index is 1.81. The molecular formula is C20H19N5. The molecular weight excluding hydrogens is 310 g/mol. The molecule has 0 radical (unpaired) electrons. The monoisotopic (exact) mass is 329 g/mol. The summed E-state index contributed by atoms with van der Waals surface area (Å²) < 4.78 is 4.07. The lowest BCUT2D eigenvalue weighted by Crippen LogP contribution is -2.19. The third-order valence-corrected chi connectivity index (χ3v) is 4.34. The number of nitrogens with one attached hydrogen (secondary N) is 1. The van der Waals surface area contributed by atoms with E-state index in [4.69, 9.17) is 5.41 Å². The SMILES string of the molecule is Cc1nc(=N)c2c(ncn2Cc2ccccc2)n1Cc1ccccc1. The number of benzene rings is 2. The zero-order valence-electron chi connectivity index (χ0n) is 14.1. The van der Waals surface area contributed by atoms with Gasteiger partial charge in [0.15, 0.2) is 11.1 Å². The number of nitrogens with zero attached hydrogens (tertiary/aromatic N) is 4. The summed E-state index contributed by atoms with van der Waals surface area (Å²) in [4.78, 5) is 9.04. The molecule has 0 saturated carbocycles. The van der Waals surface area contributed by atoms with Crippen molar-refractivity contribution in [1.82, 2.24) is 19.1 Å². The quantitative estimate of drug-likeness (QED) is 0.625. The van der Waals surface area contributed by atoms with Crippen molar-refractivity contribution in [3.63, 3.8) is 0 Å². The van der Waals surface area contributed by atoms with Crippen molar-refractivity contribution in [2.45, 2.75) is 20.0 Å². The number of hydrogen-bond donors (Lipinski definition) is 1. The third kappa shape index (κ3) is 2.96. The lowest BCUT2D eigenvalue weighted by molar-refractivity contribution is 0.739. The summed E-state index contributed by atoms with van der Waals surface area (Å²) in [6.07, 6.45) is 1.80. The molecule has 1 N–H and O–H groups in total. The third-order valence-electron chi connectivity index (χ3n) is 4.34. The largest absolute Gasteiger partial charge is 0.322 e. The summed E-state index contributed by atoms with van der Waals surface area (Å²) in [7, 11) is 0. The molecule has 4 rings (SSSR count). The highest BCUT2D eigenvalue weighted by Crippen LogP contribution is 2.14. The smallest absolute Gasteiger partial charge is 0.174 e. The summed E-state index contributed by atoms with van der Waals surface area (Å²) in [6, 6.07) is 20.5. The molecule has 2 aromatic heterocycles. The minimum absolute atomic E-state index is 0.269. The van der Waals surface area contributed by atoms with Gasteiger partial charge in [-0.2, -0.15) is 0 Å². The van der Waals surface area contributed by atoms with Crippen LogP contribution in [0.3, 0.4) is 0 Å².